The van der Waals surface area contributed by atoms with Crippen molar-refractivity contribution in [3.8, 4) is 0 Å². The Balaban J connectivity index is 1.67. The van der Waals surface area contributed by atoms with Crippen molar-refractivity contribution in [1.82, 2.24) is 10.2 Å². The molecule has 4 nitrogen and oxygen atoms in total. The molecule has 0 aliphatic carbocycles. The van der Waals surface area contributed by atoms with Gasteiger partial charge in [0.05, 0.1) is 0 Å². The summed E-state index contributed by atoms with van der Waals surface area (Å²) in [6, 6.07) is 10.6. The number of nitrogens with zero attached hydrogens (tertiary/aromatic N) is 1. The van der Waals surface area contributed by atoms with Gasteiger partial charge in [-0.25, -0.2) is 0 Å². The number of carbonyl (C=O) groups is 2. The normalized spacial score (nSPS) is 16.0. The number of nitrogens with one attached hydrogen (secondary N) is 1. The van der Waals surface area contributed by atoms with Gasteiger partial charge in [0, 0.05) is 31.5 Å². The second-order valence-corrected chi connectivity index (χ2v) is 7.68. The number of amides is 2. The average Bonchev–Trinajstić information content (AvgIpc) is 2.58. The van der Waals surface area contributed by atoms with Crippen LogP contribution in [0.2, 0.25) is 0 Å². The fourth-order valence-electron chi connectivity index (χ4n) is 3.05. The summed E-state index contributed by atoms with van der Waals surface area (Å²) in [5.74, 6) is 0.825. The van der Waals surface area contributed by atoms with Gasteiger partial charge in [0.1, 0.15) is 0 Å². The SMILES string of the molecule is CC(C)(C)C(=O)NCCCC(=O)N1CCC(c2ccccc2)CC1. The van der Waals surface area contributed by atoms with Crippen molar-refractivity contribution in [1.29, 1.82) is 0 Å². The van der Waals surface area contributed by atoms with Crippen LogP contribution in [-0.4, -0.2) is 36.3 Å². The lowest BCUT2D eigenvalue weighted by atomic mass is 9.89. The van der Waals surface area contributed by atoms with Crippen LogP contribution in [0, 0.1) is 5.41 Å². The number of hydrogen-bond acceptors (Lipinski definition) is 2. The first-order valence-electron chi connectivity index (χ1n) is 8.99. The molecular formula is C20H30N2O2. The van der Waals surface area contributed by atoms with Gasteiger partial charge in [-0.1, -0.05) is 51.1 Å². The molecule has 0 aromatic heterocycles. The van der Waals surface area contributed by atoms with Crippen molar-refractivity contribution in [2.45, 2.75) is 52.4 Å². The highest BCUT2D eigenvalue weighted by Crippen LogP contribution is 2.28. The van der Waals surface area contributed by atoms with E-state index < -0.39 is 0 Å². The topological polar surface area (TPSA) is 49.4 Å². The van der Waals surface area contributed by atoms with Crippen LogP contribution < -0.4 is 5.32 Å². The van der Waals surface area contributed by atoms with Gasteiger partial charge >= 0.3 is 0 Å². The molecule has 132 valence electrons. The average molecular weight is 330 g/mol. The summed E-state index contributed by atoms with van der Waals surface area (Å²) in [6.45, 7) is 7.93. The maximum atomic E-state index is 12.3. The van der Waals surface area contributed by atoms with E-state index in [9.17, 15) is 9.59 Å². The Bertz CT molecular complexity index is 541. The van der Waals surface area contributed by atoms with Crippen LogP contribution in [0.15, 0.2) is 30.3 Å². The van der Waals surface area contributed by atoms with E-state index in [4.69, 9.17) is 0 Å². The first-order chi connectivity index (χ1) is 11.4. The molecule has 1 aliphatic heterocycles. The summed E-state index contributed by atoms with van der Waals surface area (Å²) in [6.07, 6.45) is 3.30. The molecule has 0 radical (unpaired) electrons. The highest BCUT2D eigenvalue weighted by atomic mass is 16.2. The van der Waals surface area contributed by atoms with Gasteiger partial charge in [-0.15, -0.1) is 0 Å². The third-order valence-electron chi connectivity index (χ3n) is 4.65. The van der Waals surface area contributed by atoms with Gasteiger partial charge in [0.15, 0.2) is 0 Å². The van der Waals surface area contributed by atoms with Crippen molar-refractivity contribution in [2.75, 3.05) is 19.6 Å². The van der Waals surface area contributed by atoms with Crippen molar-refractivity contribution in [3.05, 3.63) is 35.9 Å². The lowest BCUT2D eigenvalue weighted by molar-refractivity contribution is -0.133. The van der Waals surface area contributed by atoms with E-state index in [1.165, 1.54) is 5.56 Å². The molecule has 1 saturated heterocycles. The Morgan fingerprint density at radius 1 is 1.12 bits per heavy atom. The number of hydrogen-bond donors (Lipinski definition) is 1. The lowest BCUT2D eigenvalue weighted by Gasteiger charge is -2.32. The number of benzene rings is 1. The van der Waals surface area contributed by atoms with E-state index in [1.54, 1.807) is 0 Å². The molecule has 0 spiro atoms. The van der Waals surface area contributed by atoms with E-state index in [2.05, 4.69) is 29.6 Å². The molecule has 1 N–H and O–H groups in total. The summed E-state index contributed by atoms with van der Waals surface area (Å²) >= 11 is 0. The first-order valence-corrected chi connectivity index (χ1v) is 8.99. The predicted octanol–water partition coefficient (Wildman–Crippen LogP) is 3.34. The Labute approximate surface area is 145 Å². The molecule has 2 rings (SSSR count). The first kappa shape index (κ1) is 18.5. The van der Waals surface area contributed by atoms with E-state index in [1.807, 2.05) is 31.7 Å². The lowest BCUT2D eigenvalue weighted by Crippen LogP contribution is -2.39. The molecule has 0 saturated carbocycles. The van der Waals surface area contributed by atoms with Gasteiger partial charge in [-0.3, -0.25) is 9.59 Å². The minimum Gasteiger partial charge on any atom is -0.356 e. The van der Waals surface area contributed by atoms with Crippen molar-refractivity contribution in [3.63, 3.8) is 0 Å². The molecule has 24 heavy (non-hydrogen) atoms. The Kier molecular flexibility index (Phi) is 6.41. The zero-order chi connectivity index (χ0) is 17.6. The molecule has 0 bridgehead atoms. The molecule has 4 heteroatoms. The quantitative estimate of drug-likeness (QED) is 0.842. The van der Waals surface area contributed by atoms with Gasteiger partial charge in [-0.2, -0.15) is 0 Å². The molecule has 1 fully saturated rings. The van der Waals surface area contributed by atoms with Crippen molar-refractivity contribution < 1.29 is 9.59 Å². The highest BCUT2D eigenvalue weighted by Gasteiger charge is 2.24. The maximum absolute atomic E-state index is 12.3. The molecule has 1 aromatic rings. The number of likely N-dealkylation sites (tertiary alicyclic amines) is 1. The standard InChI is InChI=1S/C20H30N2O2/c1-20(2,3)19(24)21-13-7-10-18(23)22-14-11-17(12-15-22)16-8-5-4-6-9-16/h4-6,8-9,17H,7,10-15H2,1-3H3,(H,21,24). The maximum Gasteiger partial charge on any atom is 0.225 e. The molecule has 1 aromatic carbocycles. The largest absolute Gasteiger partial charge is 0.356 e. The monoisotopic (exact) mass is 330 g/mol. The summed E-state index contributed by atoms with van der Waals surface area (Å²) < 4.78 is 0. The second-order valence-electron chi connectivity index (χ2n) is 7.68. The smallest absolute Gasteiger partial charge is 0.225 e. The molecule has 0 atom stereocenters. The fourth-order valence-corrected chi connectivity index (χ4v) is 3.05. The van der Waals surface area contributed by atoms with Gasteiger partial charge in [0.2, 0.25) is 11.8 Å². The third-order valence-corrected chi connectivity index (χ3v) is 4.65. The minimum absolute atomic E-state index is 0.0404. The van der Waals surface area contributed by atoms with Crippen LogP contribution in [-0.2, 0) is 9.59 Å². The Morgan fingerprint density at radius 3 is 2.33 bits per heavy atom. The molecule has 2 amide bonds. The zero-order valence-corrected chi connectivity index (χ0v) is 15.2. The van der Waals surface area contributed by atoms with Crippen LogP contribution in [0.5, 0.6) is 0 Å². The zero-order valence-electron chi connectivity index (χ0n) is 15.2. The van der Waals surface area contributed by atoms with E-state index >= 15 is 0 Å². The van der Waals surface area contributed by atoms with E-state index in [-0.39, 0.29) is 17.2 Å². The summed E-state index contributed by atoms with van der Waals surface area (Å²) in [5.41, 5.74) is 1.01. The Hall–Kier alpha value is -1.84. The highest BCUT2D eigenvalue weighted by molar-refractivity contribution is 5.81. The van der Waals surface area contributed by atoms with E-state index in [0.717, 1.165) is 25.9 Å². The van der Waals surface area contributed by atoms with Crippen LogP contribution >= 0.6 is 0 Å². The summed E-state index contributed by atoms with van der Waals surface area (Å²) in [4.78, 5) is 26.0. The predicted molar refractivity (Wildman–Crippen MR) is 96.7 cm³/mol. The minimum atomic E-state index is -0.372. The van der Waals surface area contributed by atoms with E-state index in [0.29, 0.717) is 25.3 Å². The van der Waals surface area contributed by atoms with Crippen LogP contribution in [0.1, 0.15) is 57.9 Å². The number of rotatable bonds is 5. The fraction of sp³-hybridized carbons (Fsp3) is 0.600. The van der Waals surface area contributed by atoms with Gasteiger partial charge < -0.3 is 10.2 Å². The van der Waals surface area contributed by atoms with Gasteiger partial charge in [-0.05, 0) is 30.7 Å². The number of carbonyl (C=O) groups excluding carboxylic acids is 2. The van der Waals surface area contributed by atoms with Gasteiger partial charge in [0.25, 0.3) is 0 Å². The van der Waals surface area contributed by atoms with Crippen molar-refractivity contribution >= 4 is 11.8 Å². The number of piperidine rings is 1. The Morgan fingerprint density at radius 2 is 1.75 bits per heavy atom. The molecular weight excluding hydrogens is 300 g/mol. The summed E-state index contributed by atoms with van der Waals surface area (Å²) in [7, 11) is 0. The second kappa shape index (κ2) is 8.32. The molecule has 0 unspecified atom stereocenters. The van der Waals surface area contributed by atoms with Crippen LogP contribution in [0.25, 0.3) is 0 Å². The molecule has 1 heterocycles. The third kappa shape index (κ3) is 5.36. The molecule has 1 aliphatic rings. The van der Waals surface area contributed by atoms with Crippen LogP contribution in [0.4, 0.5) is 0 Å². The van der Waals surface area contributed by atoms with Crippen LogP contribution in [0.3, 0.4) is 0 Å². The van der Waals surface area contributed by atoms with Crippen molar-refractivity contribution in [2.24, 2.45) is 5.41 Å². The summed E-state index contributed by atoms with van der Waals surface area (Å²) in [5, 5.41) is 2.90.